The Bertz CT molecular complexity index is 648. The van der Waals surface area contributed by atoms with E-state index in [1.54, 1.807) is 6.20 Å². The third-order valence-electron chi connectivity index (χ3n) is 2.95. The van der Waals surface area contributed by atoms with Crippen LogP contribution in [0.5, 0.6) is 0 Å². The lowest BCUT2D eigenvalue weighted by atomic mass is 10.2. The Hall–Kier alpha value is -2.26. The van der Waals surface area contributed by atoms with Gasteiger partial charge in [-0.3, -0.25) is 4.79 Å². The van der Waals surface area contributed by atoms with Gasteiger partial charge in [0.2, 0.25) is 0 Å². The molecule has 0 aliphatic heterocycles. The number of Topliss-reactive ketones (excluding diaryl/α,β-unsaturated/α-hetero) is 1. The van der Waals surface area contributed by atoms with Gasteiger partial charge in [0.15, 0.2) is 0 Å². The molecule has 0 bridgehead atoms. The van der Waals surface area contributed by atoms with Crippen molar-refractivity contribution in [2.45, 2.75) is 18.8 Å². The average molecular weight is 226 g/mol. The molecule has 2 heterocycles. The Labute approximate surface area is 97.3 Å². The van der Waals surface area contributed by atoms with Crippen LogP contribution in [0.4, 0.5) is 0 Å². The minimum absolute atomic E-state index is 0.288. The van der Waals surface area contributed by atoms with E-state index in [1.165, 1.54) is 18.4 Å². The molecular formula is C12H10N4O. The number of hydrogen-bond acceptors (Lipinski definition) is 2. The summed E-state index contributed by atoms with van der Waals surface area (Å²) in [6, 6.07) is 3.95. The van der Waals surface area contributed by atoms with Gasteiger partial charge in [-0.2, -0.15) is 4.79 Å². The zero-order valence-corrected chi connectivity index (χ0v) is 9.08. The molecule has 0 unspecified atom stereocenters. The van der Waals surface area contributed by atoms with Crippen LogP contribution in [0.1, 0.15) is 34.8 Å². The predicted molar refractivity (Wildman–Crippen MR) is 61.2 cm³/mol. The minimum Gasteiger partial charge on any atom is -0.361 e. The third kappa shape index (κ3) is 1.77. The second kappa shape index (κ2) is 3.64. The van der Waals surface area contributed by atoms with Crippen LogP contribution in [-0.2, 0) is 0 Å². The molecule has 84 valence electrons. The van der Waals surface area contributed by atoms with Gasteiger partial charge in [-0.15, -0.1) is 0 Å². The van der Waals surface area contributed by atoms with Gasteiger partial charge in [-0.25, -0.2) is 4.98 Å². The summed E-state index contributed by atoms with van der Waals surface area (Å²) in [6.45, 7) is 0. The van der Waals surface area contributed by atoms with E-state index in [1.807, 2.05) is 22.7 Å². The highest BCUT2D eigenvalue weighted by Crippen LogP contribution is 2.39. The number of carbonyl (C=O) groups is 1. The molecule has 2 aromatic heterocycles. The molecule has 0 aromatic carbocycles. The van der Waals surface area contributed by atoms with Crippen molar-refractivity contribution in [1.29, 1.82) is 0 Å². The van der Waals surface area contributed by atoms with Gasteiger partial charge in [-0.05, 0) is 30.4 Å². The molecule has 0 spiro atoms. The zero-order chi connectivity index (χ0) is 11.8. The van der Waals surface area contributed by atoms with Gasteiger partial charge in [-0.1, -0.05) is 6.07 Å². The average Bonchev–Trinajstić information content (AvgIpc) is 3.08. The van der Waals surface area contributed by atoms with E-state index in [9.17, 15) is 4.79 Å². The molecule has 2 aromatic rings. The Morgan fingerprint density at radius 3 is 3.00 bits per heavy atom. The third-order valence-corrected chi connectivity index (χ3v) is 2.95. The molecule has 0 saturated heterocycles. The molecule has 0 amide bonds. The van der Waals surface area contributed by atoms with Gasteiger partial charge in [0.25, 0.3) is 5.78 Å². The molecule has 5 nitrogen and oxygen atoms in total. The second-order valence-corrected chi connectivity index (χ2v) is 4.24. The highest BCUT2D eigenvalue weighted by molar-refractivity contribution is 6.32. The maximum absolute atomic E-state index is 11.5. The molecule has 0 N–H and O–H groups in total. The summed E-state index contributed by atoms with van der Waals surface area (Å²) in [4.78, 5) is 18.3. The van der Waals surface area contributed by atoms with Crippen LogP contribution in [0.15, 0.2) is 24.5 Å². The molecule has 1 saturated carbocycles. The molecule has 3 rings (SSSR count). The van der Waals surface area contributed by atoms with E-state index in [0.717, 1.165) is 11.9 Å². The Balaban J connectivity index is 2.05. The van der Waals surface area contributed by atoms with Crippen molar-refractivity contribution in [3.05, 3.63) is 41.3 Å². The predicted octanol–water partition coefficient (Wildman–Crippen LogP) is 1.70. The van der Waals surface area contributed by atoms with Gasteiger partial charge >= 0.3 is 6.21 Å². The van der Waals surface area contributed by atoms with E-state index in [-0.39, 0.29) is 5.69 Å². The number of fused-ring (bicyclic) bond motifs is 1. The first-order chi connectivity index (χ1) is 8.28. The summed E-state index contributed by atoms with van der Waals surface area (Å²) in [5, 5.41) is 0. The number of aromatic nitrogens is 2. The van der Waals surface area contributed by atoms with Crippen LogP contribution in [0.2, 0.25) is 0 Å². The summed E-state index contributed by atoms with van der Waals surface area (Å²) < 4.78 is 1.84. The van der Waals surface area contributed by atoms with Crippen LogP contribution in [0.25, 0.3) is 11.2 Å². The van der Waals surface area contributed by atoms with E-state index in [2.05, 4.69) is 9.77 Å². The molecular weight excluding hydrogens is 216 g/mol. The number of imidazole rings is 1. The minimum atomic E-state index is -0.399. The number of rotatable bonds is 3. The van der Waals surface area contributed by atoms with E-state index in [0.29, 0.717) is 5.92 Å². The quantitative estimate of drug-likeness (QED) is 0.346. The number of ketones is 1. The molecule has 1 aliphatic carbocycles. The van der Waals surface area contributed by atoms with Crippen molar-refractivity contribution in [2.24, 2.45) is 0 Å². The lowest BCUT2D eigenvalue weighted by Crippen LogP contribution is -2.00. The summed E-state index contributed by atoms with van der Waals surface area (Å²) in [5.41, 5.74) is 10.6. The maximum atomic E-state index is 11.5. The largest absolute Gasteiger partial charge is 0.361 e. The number of nitrogens with zero attached hydrogens (tertiary/aromatic N) is 4. The Morgan fingerprint density at radius 2 is 2.29 bits per heavy atom. The van der Waals surface area contributed by atoms with Crippen molar-refractivity contribution < 1.29 is 9.58 Å². The Morgan fingerprint density at radius 1 is 1.47 bits per heavy atom. The van der Waals surface area contributed by atoms with E-state index < -0.39 is 5.78 Å². The molecule has 1 fully saturated rings. The summed E-state index contributed by atoms with van der Waals surface area (Å²) >= 11 is 0. The van der Waals surface area contributed by atoms with Gasteiger partial charge in [0.1, 0.15) is 11.3 Å². The fourth-order valence-corrected chi connectivity index (χ4v) is 1.90. The fraction of sp³-hybridized carbons (Fsp3) is 0.250. The summed E-state index contributed by atoms with van der Waals surface area (Å²) in [6.07, 6.45) is 6.99. The van der Waals surface area contributed by atoms with Crippen LogP contribution >= 0.6 is 0 Å². The van der Waals surface area contributed by atoms with Crippen LogP contribution in [0.3, 0.4) is 0 Å². The first-order valence-electron chi connectivity index (χ1n) is 5.48. The lowest BCUT2D eigenvalue weighted by molar-refractivity contribution is 0.00230. The molecule has 0 radical (unpaired) electrons. The van der Waals surface area contributed by atoms with Crippen LogP contribution < -0.4 is 0 Å². The van der Waals surface area contributed by atoms with Gasteiger partial charge in [0, 0.05) is 12.4 Å². The highest BCUT2D eigenvalue weighted by Gasteiger charge is 2.24. The van der Waals surface area contributed by atoms with Crippen molar-refractivity contribution >= 4 is 17.6 Å². The second-order valence-electron chi connectivity index (χ2n) is 4.24. The molecule has 5 heteroatoms. The molecule has 1 aliphatic rings. The van der Waals surface area contributed by atoms with Crippen molar-refractivity contribution in [1.82, 2.24) is 9.38 Å². The molecule has 0 atom stereocenters. The van der Waals surface area contributed by atoms with Gasteiger partial charge < -0.3 is 9.93 Å². The maximum Gasteiger partial charge on any atom is 0.329 e. The molecule has 17 heavy (non-hydrogen) atoms. The number of hydrogen-bond donors (Lipinski definition) is 0. The van der Waals surface area contributed by atoms with E-state index >= 15 is 0 Å². The van der Waals surface area contributed by atoms with Gasteiger partial charge in [0.05, 0.1) is 0 Å². The number of pyridine rings is 1. The van der Waals surface area contributed by atoms with Crippen molar-refractivity contribution in [3.8, 4) is 0 Å². The zero-order valence-electron chi connectivity index (χ0n) is 9.08. The SMILES string of the molecule is [N-]=[N+]=CC(=O)c1cn2cc(C3CC3)ccc2n1. The monoisotopic (exact) mass is 226 g/mol. The topological polar surface area (TPSA) is 70.8 Å². The van der Waals surface area contributed by atoms with Crippen molar-refractivity contribution in [3.63, 3.8) is 0 Å². The van der Waals surface area contributed by atoms with E-state index in [4.69, 9.17) is 5.53 Å². The van der Waals surface area contributed by atoms with Crippen molar-refractivity contribution in [2.75, 3.05) is 0 Å². The summed E-state index contributed by atoms with van der Waals surface area (Å²) in [5.74, 6) is 0.268. The number of carbonyl (C=O) groups excluding carboxylic acids is 1. The first-order valence-corrected chi connectivity index (χ1v) is 5.48. The normalized spacial score (nSPS) is 14.6. The van der Waals surface area contributed by atoms with Crippen LogP contribution in [-0.4, -0.2) is 26.2 Å². The van der Waals surface area contributed by atoms with Crippen LogP contribution in [0, 0.1) is 0 Å². The fourth-order valence-electron chi connectivity index (χ4n) is 1.90. The standard InChI is InChI=1S/C12H10N4O/c13-14-5-11(17)10-7-16-6-9(8-1-2-8)3-4-12(16)15-10/h3-8H,1-2H2. The summed E-state index contributed by atoms with van der Waals surface area (Å²) in [7, 11) is 0. The smallest absolute Gasteiger partial charge is 0.329 e. The lowest BCUT2D eigenvalue weighted by Gasteiger charge is -1.98. The Kier molecular flexibility index (Phi) is 2.13. The first kappa shape index (κ1) is 9.93. The highest BCUT2D eigenvalue weighted by atomic mass is 16.1.